The van der Waals surface area contributed by atoms with Gasteiger partial charge in [0.05, 0.1) is 17.4 Å². The Labute approximate surface area is 191 Å². The number of amides is 1. The molecule has 1 aliphatic rings. The minimum atomic E-state index is -3.69. The standard InChI is InChI=1S/C22H23ClN4O4S/c1-15-5-2-3-7-19(15)21-25-20(31-26-21)13-24-22(28)16-6-4-12-27(14-16)32(29,30)18-10-8-17(23)9-11-18/h2-3,5,7-11,16H,4,6,12-14H2,1H3,(H,24,28)/t16-/m1/s1. The van der Waals surface area contributed by atoms with Gasteiger partial charge in [0.15, 0.2) is 0 Å². The van der Waals surface area contributed by atoms with Gasteiger partial charge >= 0.3 is 0 Å². The van der Waals surface area contributed by atoms with Crippen LogP contribution in [-0.2, 0) is 21.4 Å². The second-order valence-corrected chi connectivity index (χ2v) is 10.1. The van der Waals surface area contributed by atoms with Gasteiger partial charge in [0, 0.05) is 23.7 Å². The molecule has 1 aromatic heterocycles. The Morgan fingerprint density at radius 2 is 1.97 bits per heavy atom. The van der Waals surface area contributed by atoms with E-state index in [1.165, 1.54) is 28.6 Å². The normalized spacial score (nSPS) is 17.2. The number of carbonyl (C=O) groups excluding carboxylic acids is 1. The fourth-order valence-electron chi connectivity index (χ4n) is 3.70. The summed E-state index contributed by atoms with van der Waals surface area (Å²) < 4.78 is 32.5. The highest BCUT2D eigenvalue weighted by molar-refractivity contribution is 7.89. The topological polar surface area (TPSA) is 105 Å². The quantitative estimate of drug-likeness (QED) is 0.586. The first-order valence-electron chi connectivity index (χ1n) is 10.3. The highest BCUT2D eigenvalue weighted by Gasteiger charge is 2.33. The Morgan fingerprint density at radius 1 is 1.22 bits per heavy atom. The molecule has 1 fully saturated rings. The van der Waals surface area contributed by atoms with Crippen LogP contribution in [0.4, 0.5) is 0 Å². The fraction of sp³-hybridized carbons (Fsp3) is 0.318. The van der Waals surface area contributed by atoms with Crippen LogP contribution in [0.25, 0.3) is 11.4 Å². The van der Waals surface area contributed by atoms with Crippen LogP contribution >= 0.6 is 11.6 Å². The lowest BCUT2D eigenvalue weighted by Crippen LogP contribution is -2.45. The molecule has 1 atom stereocenters. The van der Waals surface area contributed by atoms with E-state index >= 15 is 0 Å². The van der Waals surface area contributed by atoms with Crippen molar-refractivity contribution in [2.75, 3.05) is 13.1 Å². The number of carbonyl (C=O) groups is 1. The third-order valence-corrected chi connectivity index (χ3v) is 7.61. The lowest BCUT2D eigenvalue weighted by Gasteiger charge is -2.31. The van der Waals surface area contributed by atoms with Crippen molar-refractivity contribution in [3.63, 3.8) is 0 Å². The zero-order valence-electron chi connectivity index (χ0n) is 17.5. The van der Waals surface area contributed by atoms with E-state index in [1.54, 1.807) is 0 Å². The van der Waals surface area contributed by atoms with Gasteiger partial charge in [0.1, 0.15) is 0 Å². The average Bonchev–Trinajstić information content (AvgIpc) is 3.27. The second-order valence-electron chi connectivity index (χ2n) is 7.70. The van der Waals surface area contributed by atoms with Crippen LogP contribution in [0.3, 0.4) is 0 Å². The minimum Gasteiger partial charge on any atom is -0.347 e. The van der Waals surface area contributed by atoms with E-state index < -0.39 is 15.9 Å². The Balaban J connectivity index is 1.38. The van der Waals surface area contributed by atoms with Crippen LogP contribution in [0.5, 0.6) is 0 Å². The number of piperidine rings is 1. The molecule has 0 aliphatic carbocycles. The number of rotatable bonds is 6. The summed E-state index contributed by atoms with van der Waals surface area (Å²) in [7, 11) is -3.69. The van der Waals surface area contributed by atoms with Crippen molar-refractivity contribution < 1.29 is 17.7 Å². The maximum absolute atomic E-state index is 12.9. The number of sulfonamides is 1. The molecule has 8 nitrogen and oxygen atoms in total. The maximum atomic E-state index is 12.9. The van der Waals surface area contributed by atoms with E-state index in [0.717, 1.165) is 11.1 Å². The number of hydrogen-bond donors (Lipinski definition) is 1. The zero-order chi connectivity index (χ0) is 22.7. The lowest BCUT2D eigenvalue weighted by molar-refractivity contribution is -0.126. The highest BCUT2D eigenvalue weighted by atomic mass is 35.5. The molecule has 2 heterocycles. The Hall–Kier alpha value is -2.75. The lowest BCUT2D eigenvalue weighted by atomic mass is 9.99. The van der Waals surface area contributed by atoms with Gasteiger partial charge in [-0.15, -0.1) is 0 Å². The molecule has 0 unspecified atom stereocenters. The van der Waals surface area contributed by atoms with Gasteiger partial charge in [0.2, 0.25) is 27.6 Å². The summed E-state index contributed by atoms with van der Waals surface area (Å²) in [5.41, 5.74) is 1.89. The van der Waals surface area contributed by atoms with Crippen LogP contribution < -0.4 is 5.32 Å². The molecule has 168 valence electrons. The molecule has 4 rings (SSSR count). The highest BCUT2D eigenvalue weighted by Crippen LogP contribution is 2.25. The molecular formula is C22H23ClN4O4S. The van der Waals surface area contributed by atoms with Crippen LogP contribution in [0.1, 0.15) is 24.3 Å². The molecule has 10 heteroatoms. The monoisotopic (exact) mass is 474 g/mol. The van der Waals surface area contributed by atoms with Crippen LogP contribution in [-0.4, -0.2) is 41.9 Å². The van der Waals surface area contributed by atoms with Crippen LogP contribution in [0, 0.1) is 12.8 Å². The van der Waals surface area contributed by atoms with Gasteiger partial charge in [0.25, 0.3) is 0 Å². The zero-order valence-corrected chi connectivity index (χ0v) is 19.1. The summed E-state index contributed by atoms with van der Waals surface area (Å²) in [4.78, 5) is 17.2. The van der Waals surface area contributed by atoms with E-state index in [4.69, 9.17) is 16.1 Å². The van der Waals surface area contributed by atoms with Crippen LogP contribution in [0.15, 0.2) is 57.9 Å². The van der Waals surface area contributed by atoms with Gasteiger partial charge in [-0.1, -0.05) is 41.0 Å². The summed E-state index contributed by atoms with van der Waals surface area (Å²) in [6.45, 7) is 2.53. The summed E-state index contributed by atoms with van der Waals surface area (Å²) in [6, 6.07) is 13.7. The van der Waals surface area contributed by atoms with Crippen molar-refractivity contribution in [2.24, 2.45) is 5.92 Å². The molecule has 3 aromatic rings. The van der Waals surface area contributed by atoms with Gasteiger partial charge < -0.3 is 9.84 Å². The summed E-state index contributed by atoms with van der Waals surface area (Å²) >= 11 is 5.86. The number of nitrogens with one attached hydrogen (secondary N) is 1. The fourth-order valence-corrected chi connectivity index (χ4v) is 5.35. The van der Waals surface area contributed by atoms with E-state index in [0.29, 0.717) is 30.2 Å². The Kier molecular flexibility index (Phi) is 6.59. The molecule has 1 saturated heterocycles. The van der Waals surface area contributed by atoms with Gasteiger partial charge in [-0.2, -0.15) is 9.29 Å². The van der Waals surface area contributed by atoms with E-state index in [9.17, 15) is 13.2 Å². The molecule has 1 amide bonds. The number of halogens is 1. The number of benzene rings is 2. The largest absolute Gasteiger partial charge is 0.347 e. The van der Waals surface area contributed by atoms with Crippen molar-refractivity contribution in [2.45, 2.75) is 31.2 Å². The molecular weight excluding hydrogens is 452 g/mol. The number of aromatic nitrogens is 2. The van der Waals surface area contributed by atoms with Crippen molar-refractivity contribution >= 4 is 27.5 Å². The molecule has 1 aliphatic heterocycles. The predicted molar refractivity (Wildman–Crippen MR) is 119 cm³/mol. The third-order valence-electron chi connectivity index (χ3n) is 5.47. The van der Waals surface area contributed by atoms with Crippen molar-refractivity contribution in [1.82, 2.24) is 19.8 Å². The van der Waals surface area contributed by atoms with Gasteiger partial charge in [-0.3, -0.25) is 4.79 Å². The van der Waals surface area contributed by atoms with Crippen molar-refractivity contribution in [3.8, 4) is 11.4 Å². The average molecular weight is 475 g/mol. The third kappa shape index (κ3) is 4.85. The number of hydrogen-bond acceptors (Lipinski definition) is 6. The van der Waals surface area contributed by atoms with E-state index in [1.807, 2.05) is 31.2 Å². The number of aryl methyl sites for hydroxylation is 1. The van der Waals surface area contributed by atoms with Crippen molar-refractivity contribution in [1.29, 1.82) is 0 Å². The van der Waals surface area contributed by atoms with Gasteiger partial charge in [-0.25, -0.2) is 8.42 Å². The number of nitrogens with zero attached hydrogens (tertiary/aromatic N) is 3. The summed E-state index contributed by atoms with van der Waals surface area (Å²) in [6.07, 6.45) is 1.21. The molecule has 32 heavy (non-hydrogen) atoms. The van der Waals surface area contributed by atoms with Gasteiger partial charge in [-0.05, 0) is 49.6 Å². The minimum absolute atomic E-state index is 0.0815. The first kappa shape index (κ1) is 22.4. The Morgan fingerprint density at radius 3 is 2.72 bits per heavy atom. The SMILES string of the molecule is Cc1ccccc1-c1noc(CNC(=O)[C@@H]2CCCN(S(=O)(=O)c3ccc(Cl)cc3)C2)n1. The molecule has 2 aromatic carbocycles. The molecule has 1 N–H and O–H groups in total. The molecule has 0 radical (unpaired) electrons. The summed E-state index contributed by atoms with van der Waals surface area (Å²) in [5.74, 6) is 0.0598. The Bertz CT molecular complexity index is 1210. The van der Waals surface area contributed by atoms with E-state index in [-0.39, 0.29) is 29.8 Å². The maximum Gasteiger partial charge on any atom is 0.246 e. The summed E-state index contributed by atoms with van der Waals surface area (Å²) in [5, 5.41) is 7.24. The first-order valence-corrected chi connectivity index (χ1v) is 12.1. The van der Waals surface area contributed by atoms with Crippen molar-refractivity contribution in [3.05, 3.63) is 65.0 Å². The molecule has 0 bridgehead atoms. The molecule has 0 spiro atoms. The smallest absolute Gasteiger partial charge is 0.246 e. The first-order chi connectivity index (χ1) is 15.3. The predicted octanol–water partition coefficient (Wildman–Crippen LogP) is 3.42. The molecule has 0 saturated carbocycles. The van der Waals surface area contributed by atoms with E-state index in [2.05, 4.69) is 15.5 Å². The van der Waals surface area contributed by atoms with Crippen LogP contribution in [0.2, 0.25) is 5.02 Å². The second kappa shape index (κ2) is 9.40.